The zero-order chi connectivity index (χ0) is 14.8. The zero-order valence-electron chi connectivity index (χ0n) is 12.5. The molecule has 1 aromatic carbocycles. The maximum atomic E-state index is 13.7. The van der Waals surface area contributed by atoms with Gasteiger partial charge >= 0.3 is 0 Å². The monoisotopic (exact) mass is 421 g/mol. The second kappa shape index (κ2) is 7.57. The Morgan fingerprint density at radius 2 is 1.68 bits per heavy atom. The number of likely N-dealkylation sites (tertiary alicyclic amines) is 1. The maximum Gasteiger partial charge on any atom is 0.191 e. The third-order valence-electron chi connectivity index (χ3n) is 4.36. The van der Waals surface area contributed by atoms with E-state index in [0.717, 1.165) is 25.9 Å². The Morgan fingerprint density at radius 1 is 1.09 bits per heavy atom. The Labute approximate surface area is 147 Å². The van der Waals surface area contributed by atoms with Gasteiger partial charge in [-0.2, -0.15) is 0 Å². The highest BCUT2D eigenvalue weighted by molar-refractivity contribution is 14.0. The SMILES string of the molecule is I.NC(=NC1CC1c1c(F)cccc1F)N1CCCCCC1. The van der Waals surface area contributed by atoms with E-state index in [0.29, 0.717) is 12.4 Å². The number of rotatable bonds is 2. The summed E-state index contributed by atoms with van der Waals surface area (Å²) >= 11 is 0. The molecule has 1 aliphatic carbocycles. The molecule has 122 valence electrons. The molecule has 2 N–H and O–H groups in total. The number of aliphatic imine (C=N–C) groups is 1. The number of hydrogen-bond acceptors (Lipinski definition) is 1. The van der Waals surface area contributed by atoms with Crippen molar-refractivity contribution in [2.75, 3.05) is 13.1 Å². The van der Waals surface area contributed by atoms with Crippen molar-refractivity contribution in [3.05, 3.63) is 35.4 Å². The van der Waals surface area contributed by atoms with Gasteiger partial charge in [0.1, 0.15) is 11.6 Å². The van der Waals surface area contributed by atoms with Crippen LogP contribution in [0.2, 0.25) is 0 Å². The first-order chi connectivity index (χ1) is 10.2. The summed E-state index contributed by atoms with van der Waals surface area (Å²) in [5.74, 6) is -0.602. The number of benzene rings is 1. The highest BCUT2D eigenvalue weighted by Crippen LogP contribution is 2.45. The number of hydrogen-bond donors (Lipinski definition) is 1. The van der Waals surface area contributed by atoms with Crippen LogP contribution in [-0.4, -0.2) is 30.0 Å². The zero-order valence-corrected chi connectivity index (χ0v) is 14.8. The highest BCUT2D eigenvalue weighted by atomic mass is 127. The molecule has 0 radical (unpaired) electrons. The van der Waals surface area contributed by atoms with Gasteiger partial charge in [0.2, 0.25) is 0 Å². The molecule has 1 heterocycles. The van der Waals surface area contributed by atoms with E-state index in [4.69, 9.17) is 5.73 Å². The molecular formula is C16H22F2IN3. The van der Waals surface area contributed by atoms with Crippen LogP contribution in [0.5, 0.6) is 0 Å². The summed E-state index contributed by atoms with van der Waals surface area (Å²) in [4.78, 5) is 6.58. The largest absolute Gasteiger partial charge is 0.370 e. The molecule has 1 saturated heterocycles. The molecule has 2 aliphatic rings. The second-order valence-electron chi connectivity index (χ2n) is 5.93. The molecular weight excluding hydrogens is 399 g/mol. The fourth-order valence-corrected chi connectivity index (χ4v) is 3.05. The molecule has 6 heteroatoms. The molecule has 0 spiro atoms. The summed E-state index contributed by atoms with van der Waals surface area (Å²) in [6.45, 7) is 1.86. The minimum absolute atomic E-state index is 0. The van der Waals surface area contributed by atoms with Crippen LogP contribution < -0.4 is 5.73 Å². The standard InChI is InChI=1S/C16H21F2N3.HI/c17-12-6-5-7-13(18)15(12)11-10-14(11)20-16(19)21-8-3-1-2-4-9-21;/h5-7,11,14H,1-4,8-10H2,(H2,19,20);1H. The third kappa shape index (κ3) is 3.88. The lowest BCUT2D eigenvalue weighted by Gasteiger charge is -2.21. The van der Waals surface area contributed by atoms with Gasteiger partial charge in [0.25, 0.3) is 0 Å². The Balaban J connectivity index is 0.00000176. The average molecular weight is 421 g/mol. The van der Waals surface area contributed by atoms with Crippen molar-refractivity contribution in [2.45, 2.75) is 44.1 Å². The third-order valence-corrected chi connectivity index (χ3v) is 4.36. The average Bonchev–Trinajstić information content (AvgIpc) is 3.22. The molecule has 0 amide bonds. The van der Waals surface area contributed by atoms with E-state index in [1.807, 2.05) is 0 Å². The van der Waals surface area contributed by atoms with Gasteiger partial charge in [-0.3, -0.25) is 0 Å². The van der Waals surface area contributed by atoms with Crippen molar-refractivity contribution in [1.82, 2.24) is 4.90 Å². The molecule has 3 rings (SSSR count). The van der Waals surface area contributed by atoms with Crippen LogP contribution in [0.3, 0.4) is 0 Å². The van der Waals surface area contributed by atoms with Gasteiger partial charge < -0.3 is 10.6 Å². The molecule has 2 fully saturated rings. The van der Waals surface area contributed by atoms with Gasteiger partial charge in [-0.05, 0) is 31.4 Å². The summed E-state index contributed by atoms with van der Waals surface area (Å²) in [7, 11) is 0. The molecule has 0 aromatic heterocycles. The molecule has 0 bridgehead atoms. The van der Waals surface area contributed by atoms with E-state index >= 15 is 0 Å². The smallest absolute Gasteiger partial charge is 0.191 e. The van der Waals surface area contributed by atoms with E-state index in [1.54, 1.807) is 0 Å². The van der Waals surface area contributed by atoms with Crippen molar-refractivity contribution in [2.24, 2.45) is 10.7 Å². The topological polar surface area (TPSA) is 41.6 Å². The predicted molar refractivity (Wildman–Crippen MR) is 94.6 cm³/mol. The van der Waals surface area contributed by atoms with Crippen molar-refractivity contribution in [3.63, 3.8) is 0 Å². The molecule has 1 aromatic rings. The normalized spacial score (nSPS) is 25.4. The summed E-state index contributed by atoms with van der Waals surface area (Å²) in [6.07, 6.45) is 5.40. The van der Waals surface area contributed by atoms with Crippen molar-refractivity contribution in [3.8, 4) is 0 Å². The van der Waals surface area contributed by atoms with Crippen molar-refractivity contribution in [1.29, 1.82) is 0 Å². The van der Waals surface area contributed by atoms with Crippen molar-refractivity contribution >= 4 is 29.9 Å². The molecule has 1 aliphatic heterocycles. The lowest BCUT2D eigenvalue weighted by molar-refractivity contribution is 0.428. The minimum atomic E-state index is -0.481. The minimum Gasteiger partial charge on any atom is -0.370 e. The molecule has 2 unspecified atom stereocenters. The summed E-state index contributed by atoms with van der Waals surface area (Å²) in [5, 5.41) is 0. The lowest BCUT2D eigenvalue weighted by Crippen LogP contribution is -2.38. The molecule has 2 atom stereocenters. The quantitative estimate of drug-likeness (QED) is 0.450. The summed E-state index contributed by atoms with van der Waals surface area (Å²) < 4.78 is 27.5. The Bertz CT molecular complexity index is 522. The van der Waals surface area contributed by atoms with Crippen LogP contribution in [-0.2, 0) is 0 Å². The van der Waals surface area contributed by atoms with Gasteiger partial charge in [0, 0.05) is 24.6 Å². The highest BCUT2D eigenvalue weighted by Gasteiger charge is 2.42. The van der Waals surface area contributed by atoms with Crippen LogP contribution >= 0.6 is 24.0 Å². The van der Waals surface area contributed by atoms with Gasteiger partial charge in [-0.25, -0.2) is 13.8 Å². The van der Waals surface area contributed by atoms with Crippen molar-refractivity contribution < 1.29 is 8.78 Å². The number of halogens is 3. The van der Waals surface area contributed by atoms with Gasteiger partial charge in [0.05, 0.1) is 6.04 Å². The molecule has 3 nitrogen and oxygen atoms in total. The van der Waals surface area contributed by atoms with E-state index in [2.05, 4.69) is 9.89 Å². The maximum absolute atomic E-state index is 13.7. The Hall–Kier alpha value is -0.920. The lowest BCUT2D eigenvalue weighted by atomic mass is 10.1. The fourth-order valence-electron chi connectivity index (χ4n) is 3.05. The number of guanidine groups is 1. The van der Waals surface area contributed by atoms with E-state index in [-0.39, 0.29) is 41.5 Å². The molecule has 1 saturated carbocycles. The predicted octanol–water partition coefficient (Wildman–Crippen LogP) is 3.63. The van der Waals surface area contributed by atoms with Crippen LogP contribution in [0.15, 0.2) is 23.2 Å². The van der Waals surface area contributed by atoms with E-state index < -0.39 is 11.6 Å². The Kier molecular flexibility index (Phi) is 6.00. The summed E-state index contributed by atoms with van der Waals surface area (Å²) in [6, 6.07) is 3.91. The van der Waals surface area contributed by atoms with Gasteiger partial charge in [-0.15, -0.1) is 24.0 Å². The molecule has 22 heavy (non-hydrogen) atoms. The fraction of sp³-hybridized carbons (Fsp3) is 0.562. The first-order valence-corrected chi connectivity index (χ1v) is 7.69. The second-order valence-corrected chi connectivity index (χ2v) is 5.93. The van der Waals surface area contributed by atoms with Crippen LogP contribution in [0, 0.1) is 11.6 Å². The van der Waals surface area contributed by atoms with E-state index in [9.17, 15) is 8.78 Å². The number of nitrogens with zero attached hydrogens (tertiary/aromatic N) is 2. The number of nitrogens with two attached hydrogens (primary N) is 1. The van der Waals surface area contributed by atoms with Crippen LogP contribution in [0.1, 0.15) is 43.6 Å². The van der Waals surface area contributed by atoms with Crippen LogP contribution in [0.4, 0.5) is 8.78 Å². The van der Waals surface area contributed by atoms with E-state index in [1.165, 1.54) is 31.0 Å². The first-order valence-electron chi connectivity index (χ1n) is 7.69. The van der Waals surface area contributed by atoms with Crippen LogP contribution in [0.25, 0.3) is 0 Å². The van der Waals surface area contributed by atoms with Gasteiger partial charge in [0.15, 0.2) is 5.96 Å². The first kappa shape index (κ1) is 17.4. The van der Waals surface area contributed by atoms with Gasteiger partial charge in [-0.1, -0.05) is 18.9 Å². The Morgan fingerprint density at radius 3 is 2.27 bits per heavy atom. The summed E-state index contributed by atoms with van der Waals surface area (Å²) in [5.41, 5.74) is 6.23.